The molecule has 0 aliphatic carbocycles. The summed E-state index contributed by atoms with van der Waals surface area (Å²) in [5.41, 5.74) is -0.130. The number of esters is 4. The van der Waals surface area contributed by atoms with Gasteiger partial charge in [-0.3, -0.25) is 9.59 Å². The summed E-state index contributed by atoms with van der Waals surface area (Å²) in [5, 5.41) is 0. The van der Waals surface area contributed by atoms with Crippen LogP contribution in [0.4, 0.5) is 0 Å². The molecule has 0 saturated heterocycles. The van der Waals surface area contributed by atoms with Gasteiger partial charge in [0.2, 0.25) is 0 Å². The van der Waals surface area contributed by atoms with Crippen molar-refractivity contribution in [3.63, 3.8) is 0 Å². The van der Waals surface area contributed by atoms with Crippen LogP contribution in [0.1, 0.15) is 6.42 Å². The lowest BCUT2D eigenvalue weighted by atomic mass is 10.3. The van der Waals surface area contributed by atoms with Crippen LogP contribution in [-0.4, -0.2) is 71.3 Å². The number of carbonyl (C=O) groups is 4. The molecule has 9 heteroatoms. The van der Waals surface area contributed by atoms with Gasteiger partial charge < -0.3 is 23.8 Å². The second-order valence-electron chi connectivity index (χ2n) is 3.82. The molecular weight excluding hydrogens is 298 g/mol. The Morgan fingerprint density at radius 2 is 1.14 bits per heavy atom. The molecule has 0 spiro atoms. The van der Waals surface area contributed by atoms with Gasteiger partial charge in [0.25, 0.3) is 0 Å². The van der Waals surface area contributed by atoms with E-state index in [1.54, 1.807) is 19.0 Å². The minimum absolute atomic E-state index is 0.130. The van der Waals surface area contributed by atoms with Crippen molar-refractivity contribution in [1.29, 1.82) is 0 Å². The summed E-state index contributed by atoms with van der Waals surface area (Å²) in [6, 6.07) is 0. The monoisotopic (exact) mass is 319 g/mol. The summed E-state index contributed by atoms with van der Waals surface area (Å²) in [5.74, 6) is -2.58. The van der Waals surface area contributed by atoms with Crippen LogP contribution in [0.3, 0.4) is 0 Å². The molecule has 0 atom stereocenters. The highest BCUT2D eigenvalue weighted by atomic mass is 16.5. The standard InChI is InChI=1S/C8H13NO4.C5H8O4/c1-9(2)5-6(7(10)12-3)8(11)13-4;1-8-4(6)3-5(7)9-2/h5H,1-4H3;3H2,1-2H3. The molecule has 0 unspecified atom stereocenters. The van der Waals surface area contributed by atoms with Crippen LogP contribution in [0.15, 0.2) is 11.8 Å². The molecule has 0 rings (SSSR count). The van der Waals surface area contributed by atoms with Gasteiger partial charge in [-0.05, 0) is 0 Å². The molecule has 0 radical (unpaired) electrons. The van der Waals surface area contributed by atoms with Gasteiger partial charge in [0.1, 0.15) is 6.42 Å². The Morgan fingerprint density at radius 1 is 0.773 bits per heavy atom. The van der Waals surface area contributed by atoms with E-state index in [0.29, 0.717) is 0 Å². The van der Waals surface area contributed by atoms with Gasteiger partial charge in [0, 0.05) is 20.3 Å². The summed E-state index contributed by atoms with van der Waals surface area (Å²) < 4.78 is 17.2. The first-order chi connectivity index (χ1) is 10.2. The number of rotatable bonds is 5. The lowest BCUT2D eigenvalue weighted by molar-refractivity contribution is -0.151. The number of ether oxygens (including phenoxy) is 4. The van der Waals surface area contributed by atoms with Crippen molar-refractivity contribution in [2.24, 2.45) is 0 Å². The molecule has 0 amide bonds. The SMILES string of the molecule is COC(=O)C(=CN(C)C)C(=O)OC.COC(=O)CC(=O)OC. The summed E-state index contributed by atoms with van der Waals surface area (Å²) in [4.78, 5) is 44.1. The Hall–Kier alpha value is -2.58. The Labute approximate surface area is 128 Å². The summed E-state index contributed by atoms with van der Waals surface area (Å²) in [7, 11) is 8.21. The van der Waals surface area contributed by atoms with E-state index in [9.17, 15) is 19.2 Å². The summed E-state index contributed by atoms with van der Waals surface area (Å²) >= 11 is 0. The molecule has 9 nitrogen and oxygen atoms in total. The lowest BCUT2D eigenvalue weighted by Gasteiger charge is -2.08. The Kier molecular flexibility index (Phi) is 12.0. The minimum Gasteiger partial charge on any atom is -0.469 e. The maximum atomic E-state index is 11.0. The minimum atomic E-state index is -0.708. The predicted molar refractivity (Wildman–Crippen MR) is 74.5 cm³/mol. The fourth-order valence-electron chi connectivity index (χ4n) is 0.929. The molecule has 0 aliphatic heterocycles. The predicted octanol–water partition coefficient (Wildman–Crippen LogP) is -0.500. The van der Waals surface area contributed by atoms with Crippen molar-refractivity contribution >= 4 is 23.9 Å². The van der Waals surface area contributed by atoms with Crippen LogP contribution in [0.5, 0.6) is 0 Å². The fourth-order valence-corrected chi connectivity index (χ4v) is 0.929. The average molecular weight is 319 g/mol. The fraction of sp³-hybridized carbons (Fsp3) is 0.538. The highest BCUT2D eigenvalue weighted by Gasteiger charge is 2.19. The molecule has 0 N–H and O–H groups in total. The van der Waals surface area contributed by atoms with Crippen molar-refractivity contribution < 1.29 is 38.1 Å². The van der Waals surface area contributed by atoms with E-state index >= 15 is 0 Å². The van der Waals surface area contributed by atoms with Crippen LogP contribution in [0.2, 0.25) is 0 Å². The molecule has 0 bridgehead atoms. The van der Waals surface area contributed by atoms with Crippen LogP contribution in [0.25, 0.3) is 0 Å². The third-order valence-electron chi connectivity index (χ3n) is 1.94. The second kappa shape index (κ2) is 12.2. The zero-order chi connectivity index (χ0) is 17.7. The quantitative estimate of drug-likeness (QED) is 0.218. The maximum Gasteiger partial charge on any atom is 0.346 e. The number of carbonyl (C=O) groups excluding carboxylic acids is 4. The normalized spacial score (nSPS) is 8.45. The van der Waals surface area contributed by atoms with Gasteiger partial charge in [-0.25, -0.2) is 9.59 Å². The van der Waals surface area contributed by atoms with E-state index in [4.69, 9.17) is 0 Å². The number of hydrogen-bond acceptors (Lipinski definition) is 9. The molecule has 0 saturated carbocycles. The van der Waals surface area contributed by atoms with Crippen LogP contribution >= 0.6 is 0 Å². The molecule has 0 fully saturated rings. The van der Waals surface area contributed by atoms with Gasteiger partial charge >= 0.3 is 23.9 Å². The topological polar surface area (TPSA) is 108 Å². The number of hydrogen-bond donors (Lipinski definition) is 0. The zero-order valence-corrected chi connectivity index (χ0v) is 13.5. The lowest BCUT2D eigenvalue weighted by Crippen LogP contribution is -2.19. The van der Waals surface area contributed by atoms with Crippen molar-refractivity contribution in [2.75, 3.05) is 42.5 Å². The Morgan fingerprint density at radius 3 is 1.36 bits per heavy atom. The van der Waals surface area contributed by atoms with Gasteiger partial charge in [0.05, 0.1) is 28.4 Å². The molecule has 0 aliphatic rings. The smallest absolute Gasteiger partial charge is 0.346 e. The molecule has 0 aromatic heterocycles. The molecule has 126 valence electrons. The van der Waals surface area contributed by atoms with Gasteiger partial charge in [-0.2, -0.15) is 0 Å². The van der Waals surface area contributed by atoms with Crippen LogP contribution < -0.4 is 0 Å². The van der Waals surface area contributed by atoms with Gasteiger partial charge in [-0.15, -0.1) is 0 Å². The van der Waals surface area contributed by atoms with Crippen molar-refractivity contribution in [3.8, 4) is 0 Å². The summed E-state index contributed by atoms with van der Waals surface area (Å²) in [6.45, 7) is 0. The van der Waals surface area contributed by atoms with Crippen LogP contribution in [-0.2, 0) is 38.1 Å². The second-order valence-corrected chi connectivity index (χ2v) is 3.82. The Bertz CT molecular complexity index is 396. The third-order valence-corrected chi connectivity index (χ3v) is 1.94. The van der Waals surface area contributed by atoms with E-state index < -0.39 is 23.9 Å². The van der Waals surface area contributed by atoms with Crippen molar-refractivity contribution in [1.82, 2.24) is 4.90 Å². The highest BCUT2D eigenvalue weighted by molar-refractivity contribution is 6.13. The molecule has 22 heavy (non-hydrogen) atoms. The first kappa shape index (κ1) is 21.7. The van der Waals surface area contributed by atoms with Crippen molar-refractivity contribution in [2.45, 2.75) is 6.42 Å². The van der Waals surface area contributed by atoms with E-state index in [1.165, 1.54) is 34.6 Å². The van der Waals surface area contributed by atoms with Gasteiger partial charge in [-0.1, -0.05) is 0 Å². The molecule has 0 aromatic rings. The molecule has 0 heterocycles. The van der Waals surface area contributed by atoms with E-state index in [2.05, 4.69) is 18.9 Å². The first-order valence-corrected chi connectivity index (χ1v) is 5.91. The zero-order valence-electron chi connectivity index (χ0n) is 13.5. The third kappa shape index (κ3) is 10.2. The number of methoxy groups -OCH3 is 4. The van der Waals surface area contributed by atoms with Crippen LogP contribution in [0, 0.1) is 0 Å². The van der Waals surface area contributed by atoms with E-state index in [1.807, 2.05) is 0 Å². The average Bonchev–Trinajstić information content (AvgIpc) is 2.51. The maximum absolute atomic E-state index is 11.0. The molecular formula is C13H21NO8. The number of nitrogens with zero attached hydrogens (tertiary/aromatic N) is 1. The van der Waals surface area contributed by atoms with E-state index in [-0.39, 0.29) is 12.0 Å². The molecule has 0 aromatic carbocycles. The van der Waals surface area contributed by atoms with E-state index in [0.717, 1.165) is 0 Å². The van der Waals surface area contributed by atoms with Crippen molar-refractivity contribution in [3.05, 3.63) is 11.8 Å². The highest BCUT2D eigenvalue weighted by Crippen LogP contribution is 2.01. The Balaban J connectivity index is 0. The largest absolute Gasteiger partial charge is 0.469 e. The first-order valence-electron chi connectivity index (χ1n) is 5.91. The summed E-state index contributed by atoms with van der Waals surface area (Å²) in [6.07, 6.45) is 1.03. The van der Waals surface area contributed by atoms with Gasteiger partial charge in [0.15, 0.2) is 5.57 Å².